The number of benzene rings is 2. The third-order valence-electron chi connectivity index (χ3n) is 5.25. The number of hydrogen-bond donors (Lipinski definition) is 0. The zero-order valence-corrected chi connectivity index (χ0v) is 16.9. The maximum Gasteiger partial charge on any atom is 0.275 e. The van der Waals surface area contributed by atoms with Crippen molar-refractivity contribution in [2.24, 2.45) is 0 Å². The molecule has 4 rings (SSSR count). The van der Waals surface area contributed by atoms with Crippen LogP contribution in [-0.4, -0.2) is 33.8 Å². The van der Waals surface area contributed by atoms with E-state index < -0.39 is 11.6 Å². The molecule has 1 saturated heterocycles. The third-order valence-corrected chi connectivity index (χ3v) is 5.25. The standard InChI is InChI=1S/C23H22F3N3O2/c24-18-6-3-16(4-7-18)12-28(13-17-5-8-19(25)11-20(17)26)14-22-27-21(15-31-22)23(30)29-9-1-2-10-29/h3-8,11,15H,1-2,9-10,12-14H2. The highest BCUT2D eigenvalue weighted by Gasteiger charge is 2.23. The summed E-state index contributed by atoms with van der Waals surface area (Å²) in [6.45, 7) is 2.13. The first-order valence-corrected chi connectivity index (χ1v) is 10.1. The monoisotopic (exact) mass is 429 g/mol. The van der Waals surface area contributed by atoms with E-state index in [1.807, 2.05) is 4.90 Å². The molecule has 2 aromatic carbocycles. The maximum absolute atomic E-state index is 14.2. The molecule has 162 valence electrons. The van der Waals surface area contributed by atoms with Crippen molar-refractivity contribution in [2.45, 2.75) is 32.5 Å². The Labute approximate surface area is 178 Å². The minimum Gasteiger partial charge on any atom is -0.447 e. The van der Waals surface area contributed by atoms with E-state index in [4.69, 9.17) is 4.42 Å². The van der Waals surface area contributed by atoms with Gasteiger partial charge in [0.15, 0.2) is 5.69 Å². The van der Waals surface area contributed by atoms with Crippen LogP contribution < -0.4 is 0 Å². The molecule has 0 spiro atoms. The van der Waals surface area contributed by atoms with E-state index in [9.17, 15) is 18.0 Å². The van der Waals surface area contributed by atoms with Crippen molar-refractivity contribution in [3.8, 4) is 0 Å². The molecule has 2 heterocycles. The van der Waals surface area contributed by atoms with Crippen molar-refractivity contribution < 1.29 is 22.4 Å². The normalized spacial score (nSPS) is 13.9. The van der Waals surface area contributed by atoms with E-state index >= 15 is 0 Å². The molecule has 0 saturated carbocycles. The number of aromatic nitrogens is 1. The van der Waals surface area contributed by atoms with E-state index in [2.05, 4.69) is 4.98 Å². The van der Waals surface area contributed by atoms with E-state index in [1.54, 1.807) is 17.0 Å². The minimum atomic E-state index is -0.651. The topological polar surface area (TPSA) is 49.6 Å². The van der Waals surface area contributed by atoms with Gasteiger partial charge < -0.3 is 9.32 Å². The van der Waals surface area contributed by atoms with E-state index in [0.717, 1.165) is 24.5 Å². The largest absolute Gasteiger partial charge is 0.447 e. The van der Waals surface area contributed by atoms with Crippen LogP contribution in [0.3, 0.4) is 0 Å². The zero-order valence-electron chi connectivity index (χ0n) is 16.9. The molecular formula is C23H22F3N3O2. The first-order chi connectivity index (χ1) is 15.0. The Balaban J connectivity index is 1.52. The fourth-order valence-corrected chi connectivity index (χ4v) is 3.66. The lowest BCUT2D eigenvalue weighted by Crippen LogP contribution is -2.28. The van der Waals surface area contributed by atoms with Crippen LogP contribution in [-0.2, 0) is 19.6 Å². The highest BCUT2D eigenvalue weighted by atomic mass is 19.1. The number of amides is 1. The van der Waals surface area contributed by atoms with Gasteiger partial charge in [0.2, 0.25) is 5.89 Å². The number of likely N-dealkylation sites (tertiary alicyclic amines) is 1. The second-order valence-corrected chi connectivity index (χ2v) is 7.63. The van der Waals surface area contributed by atoms with Gasteiger partial charge in [0.05, 0.1) is 6.54 Å². The summed E-state index contributed by atoms with van der Waals surface area (Å²) in [5.41, 5.74) is 1.36. The maximum atomic E-state index is 14.2. The fraction of sp³-hybridized carbons (Fsp3) is 0.304. The summed E-state index contributed by atoms with van der Waals surface area (Å²) >= 11 is 0. The second-order valence-electron chi connectivity index (χ2n) is 7.63. The molecule has 3 aromatic rings. The molecule has 1 aromatic heterocycles. The van der Waals surface area contributed by atoms with Crippen molar-refractivity contribution in [2.75, 3.05) is 13.1 Å². The number of carbonyl (C=O) groups excluding carboxylic acids is 1. The van der Waals surface area contributed by atoms with Gasteiger partial charge in [-0.05, 0) is 36.6 Å². The Hall–Kier alpha value is -3.13. The highest BCUT2D eigenvalue weighted by Crippen LogP contribution is 2.18. The lowest BCUT2D eigenvalue weighted by atomic mass is 10.1. The number of carbonyl (C=O) groups is 1. The fourth-order valence-electron chi connectivity index (χ4n) is 3.66. The number of halogens is 3. The van der Waals surface area contributed by atoms with Gasteiger partial charge in [0.1, 0.15) is 23.7 Å². The molecule has 1 aliphatic rings. The van der Waals surface area contributed by atoms with Gasteiger partial charge in [-0.2, -0.15) is 0 Å². The predicted molar refractivity (Wildman–Crippen MR) is 107 cm³/mol. The Morgan fingerprint density at radius 2 is 1.68 bits per heavy atom. The predicted octanol–water partition coefficient (Wildman–Crippen LogP) is 4.53. The summed E-state index contributed by atoms with van der Waals surface area (Å²) in [6.07, 6.45) is 3.29. The minimum absolute atomic E-state index is 0.154. The molecule has 1 fully saturated rings. The van der Waals surface area contributed by atoms with Gasteiger partial charge in [-0.15, -0.1) is 0 Å². The van der Waals surface area contributed by atoms with Crippen molar-refractivity contribution in [1.82, 2.24) is 14.8 Å². The first kappa shape index (κ1) is 21.1. The molecule has 0 atom stereocenters. The van der Waals surface area contributed by atoms with Crippen LogP contribution in [0.5, 0.6) is 0 Å². The van der Waals surface area contributed by atoms with Gasteiger partial charge in [-0.1, -0.05) is 18.2 Å². The lowest BCUT2D eigenvalue weighted by molar-refractivity contribution is 0.0787. The van der Waals surface area contributed by atoms with Gasteiger partial charge >= 0.3 is 0 Å². The Kier molecular flexibility index (Phi) is 6.36. The molecule has 0 bridgehead atoms. The molecule has 0 aliphatic carbocycles. The van der Waals surface area contributed by atoms with Crippen LogP contribution in [0.1, 0.15) is 40.3 Å². The molecule has 31 heavy (non-hydrogen) atoms. The Morgan fingerprint density at radius 1 is 0.968 bits per heavy atom. The average molecular weight is 429 g/mol. The van der Waals surface area contributed by atoms with Crippen LogP contribution in [0, 0.1) is 17.5 Å². The summed E-state index contributed by atoms with van der Waals surface area (Å²) in [5.74, 6) is -1.50. The first-order valence-electron chi connectivity index (χ1n) is 10.1. The quantitative estimate of drug-likeness (QED) is 0.554. The van der Waals surface area contributed by atoms with Gasteiger partial charge in [-0.3, -0.25) is 9.69 Å². The average Bonchev–Trinajstić information content (AvgIpc) is 3.44. The number of nitrogens with zero attached hydrogens (tertiary/aromatic N) is 3. The van der Waals surface area contributed by atoms with Gasteiger partial charge in [0.25, 0.3) is 5.91 Å². The van der Waals surface area contributed by atoms with Crippen LogP contribution in [0.2, 0.25) is 0 Å². The summed E-state index contributed by atoms with van der Waals surface area (Å²) in [6, 6.07) is 9.41. The number of oxazole rings is 1. The van der Waals surface area contributed by atoms with Gasteiger partial charge in [-0.25, -0.2) is 18.2 Å². The van der Waals surface area contributed by atoms with Crippen LogP contribution in [0.4, 0.5) is 13.2 Å². The molecule has 0 N–H and O–H groups in total. The molecule has 1 aliphatic heterocycles. The van der Waals surface area contributed by atoms with E-state index in [1.165, 1.54) is 30.5 Å². The van der Waals surface area contributed by atoms with Gasteiger partial charge in [0, 0.05) is 37.8 Å². The van der Waals surface area contributed by atoms with Crippen molar-refractivity contribution in [1.29, 1.82) is 0 Å². The van der Waals surface area contributed by atoms with Crippen molar-refractivity contribution >= 4 is 5.91 Å². The molecule has 0 unspecified atom stereocenters. The van der Waals surface area contributed by atoms with E-state index in [-0.39, 0.29) is 30.5 Å². The Bertz CT molecular complexity index is 1050. The Morgan fingerprint density at radius 3 is 2.39 bits per heavy atom. The molecular weight excluding hydrogens is 407 g/mol. The summed E-state index contributed by atoms with van der Waals surface area (Å²) in [7, 11) is 0. The number of hydrogen-bond acceptors (Lipinski definition) is 4. The highest BCUT2D eigenvalue weighted by molar-refractivity contribution is 5.92. The lowest BCUT2D eigenvalue weighted by Gasteiger charge is -2.21. The number of rotatable bonds is 7. The SMILES string of the molecule is O=C(c1coc(CN(Cc2ccc(F)cc2)Cc2ccc(F)cc2F)n1)N1CCCC1. The van der Waals surface area contributed by atoms with Crippen LogP contribution >= 0.6 is 0 Å². The summed E-state index contributed by atoms with van der Waals surface area (Å²) < 4.78 is 46.3. The van der Waals surface area contributed by atoms with E-state index in [0.29, 0.717) is 31.1 Å². The molecule has 0 radical (unpaired) electrons. The molecule has 8 heteroatoms. The summed E-state index contributed by atoms with van der Waals surface area (Å²) in [4.78, 5) is 20.4. The molecule has 1 amide bonds. The second kappa shape index (κ2) is 9.34. The van der Waals surface area contributed by atoms with Crippen LogP contribution in [0.25, 0.3) is 0 Å². The zero-order chi connectivity index (χ0) is 21.8. The van der Waals surface area contributed by atoms with Crippen molar-refractivity contribution in [3.63, 3.8) is 0 Å². The molecule has 5 nitrogen and oxygen atoms in total. The van der Waals surface area contributed by atoms with Crippen LogP contribution in [0.15, 0.2) is 53.1 Å². The smallest absolute Gasteiger partial charge is 0.275 e. The summed E-state index contributed by atoms with van der Waals surface area (Å²) in [5, 5.41) is 0. The third kappa shape index (κ3) is 5.32. The van der Waals surface area contributed by atoms with Crippen molar-refractivity contribution in [3.05, 3.63) is 88.9 Å².